The average Bonchev–Trinajstić information content (AvgIpc) is 2.54. The van der Waals surface area contributed by atoms with E-state index < -0.39 is 0 Å². The molecule has 0 aliphatic carbocycles. The van der Waals surface area contributed by atoms with E-state index in [4.69, 9.17) is 11.6 Å². The Hall–Kier alpha value is -0.740. The minimum Gasteiger partial charge on any atom is -0.372 e. The summed E-state index contributed by atoms with van der Waals surface area (Å²) >= 11 is 9.42. The zero-order chi connectivity index (χ0) is 11.7. The van der Waals surface area contributed by atoms with E-state index in [1.54, 1.807) is 4.90 Å². The first-order valence-electron chi connectivity index (χ1n) is 5.04. The number of anilines is 1. The molecule has 1 fully saturated rings. The maximum Gasteiger partial charge on any atom is 0.244 e. The second kappa shape index (κ2) is 4.63. The predicted molar refractivity (Wildman–Crippen MR) is 68.8 cm³/mol. The molecule has 0 aromatic heterocycles. The summed E-state index contributed by atoms with van der Waals surface area (Å²) in [6, 6.07) is 5.44. The molecule has 1 atom stereocenters. The topological polar surface area (TPSA) is 32.3 Å². The Morgan fingerprint density at radius 3 is 2.88 bits per heavy atom. The molecule has 0 spiro atoms. The molecule has 0 saturated carbocycles. The smallest absolute Gasteiger partial charge is 0.244 e. The monoisotopic (exact) mass is 302 g/mol. The van der Waals surface area contributed by atoms with Crippen molar-refractivity contribution in [3.8, 4) is 0 Å². The molecule has 5 heteroatoms. The molecule has 16 heavy (non-hydrogen) atoms. The zero-order valence-corrected chi connectivity index (χ0v) is 11.2. The molecule has 2 rings (SSSR count). The van der Waals surface area contributed by atoms with Gasteiger partial charge in [-0.2, -0.15) is 0 Å². The lowest BCUT2D eigenvalue weighted by Crippen LogP contribution is -2.30. The zero-order valence-electron chi connectivity index (χ0n) is 8.84. The van der Waals surface area contributed by atoms with E-state index in [-0.39, 0.29) is 11.9 Å². The summed E-state index contributed by atoms with van der Waals surface area (Å²) < 4.78 is 0.929. The summed E-state index contributed by atoms with van der Waals surface area (Å²) in [6.07, 6.45) is 0.821. The van der Waals surface area contributed by atoms with Gasteiger partial charge in [0.2, 0.25) is 5.91 Å². The van der Waals surface area contributed by atoms with Gasteiger partial charge in [0.05, 0.1) is 10.7 Å². The Balaban J connectivity index is 2.12. The van der Waals surface area contributed by atoms with Crippen molar-refractivity contribution in [1.29, 1.82) is 0 Å². The van der Waals surface area contributed by atoms with E-state index in [0.717, 1.165) is 23.1 Å². The lowest BCUT2D eigenvalue weighted by Gasteiger charge is -2.14. The number of carbonyl (C=O) groups is 1. The third-order valence-corrected chi connectivity index (χ3v) is 3.49. The van der Waals surface area contributed by atoms with Crippen LogP contribution >= 0.6 is 27.5 Å². The van der Waals surface area contributed by atoms with Gasteiger partial charge in [0.15, 0.2) is 0 Å². The van der Waals surface area contributed by atoms with Gasteiger partial charge < -0.3 is 10.2 Å². The highest BCUT2D eigenvalue weighted by Crippen LogP contribution is 2.27. The first kappa shape index (κ1) is 11.7. The number of carbonyl (C=O) groups excluding carboxylic acids is 1. The number of hydrogen-bond acceptors (Lipinski definition) is 2. The summed E-state index contributed by atoms with van der Waals surface area (Å²) in [5.74, 6) is 0.124. The maximum absolute atomic E-state index is 11.7. The van der Waals surface area contributed by atoms with Gasteiger partial charge in [-0.05, 0) is 24.6 Å². The van der Waals surface area contributed by atoms with Gasteiger partial charge in [0.1, 0.15) is 6.04 Å². The summed E-state index contributed by atoms with van der Waals surface area (Å²) in [7, 11) is 1.81. The molecule has 1 aromatic rings. The highest BCUT2D eigenvalue weighted by atomic mass is 79.9. The molecule has 1 N–H and O–H groups in total. The van der Waals surface area contributed by atoms with Gasteiger partial charge in [-0.3, -0.25) is 4.79 Å². The number of benzene rings is 1. The van der Waals surface area contributed by atoms with Gasteiger partial charge in [-0.25, -0.2) is 0 Å². The van der Waals surface area contributed by atoms with Crippen LogP contribution in [-0.2, 0) is 4.79 Å². The largest absolute Gasteiger partial charge is 0.372 e. The van der Waals surface area contributed by atoms with Crippen molar-refractivity contribution >= 4 is 39.1 Å². The molecule has 86 valence electrons. The first-order chi connectivity index (χ1) is 7.58. The van der Waals surface area contributed by atoms with Crippen LogP contribution < -0.4 is 5.32 Å². The van der Waals surface area contributed by atoms with Crippen LogP contribution in [0.1, 0.15) is 6.42 Å². The molecule has 1 unspecified atom stereocenters. The van der Waals surface area contributed by atoms with Gasteiger partial charge in [0, 0.05) is 18.1 Å². The summed E-state index contributed by atoms with van der Waals surface area (Å²) in [4.78, 5) is 13.4. The van der Waals surface area contributed by atoms with Crippen LogP contribution in [0.25, 0.3) is 0 Å². The normalized spacial score (nSPS) is 20.3. The molecular weight excluding hydrogens is 291 g/mol. The highest BCUT2D eigenvalue weighted by Gasteiger charge is 2.29. The summed E-state index contributed by atoms with van der Waals surface area (Å²) in [6.45, 7) is 0.796. The SMILES string of the molecule is CN1CCC(Nc2ccc(Br)cc2Cl)C1=O. The Kier molecular flexibility index (Phi) is 3.40. The van der Waals surface area contributed by atoms with Crippen LogP contribution in [-0.4, -0.2) is 30.4 Å². The third kappa shape index (κ3) is 2.33. The van der Waals surface area contributed by atoms with Crippen LogP contribution in [0.5, 0.6) is 0 Å². The maximum atomic E-state index is 11.7. The number of halogens is 2. The quantitative estimate of drug-likeness (QED) is 0.911. The second-order valence-electron chi connectivity index (χ2n) is 3.87. The second-order valence-corrected chi connectivity index (χ2v) is 5.19. The Morgan fingerprint density at radius 2 is 2.31 bits per heavy atom. The Morgan fingerprint density at radius 1 is 1.56 bits per heavy atom. The minimum absolute atomic E-state index is 0.124. The summed E-state index contributed by atoms with van der Waals surface area (Å²) in [5.41, 5.74) is 0.804. The Labute approximate surface area is 108 Å². The standard InChI is InChI=1S/C11H12BrClN2O/c1-15-5-4-10(11(15)16)14-9-3-2-7(12)6-8(9)13/h2-3,6,10,14H,4-5H2,1H3. The number of nitrogens with one attached hydrogen (secondary N) is 1. The van der Waals surface area contributed by atoms with E-state index in [0.29, 0.717) is 5.02 Å². The number of likely N-dealkylation sites (tertiary alicyclic amines) is 1. The van der Waals surface area contributed by atoms with Crippen LogP contribution in [0.3, 0.4) is 0 Å². The van der Waals surface area contributed by atoms with E-state index >= 15 is 0 Å². The fraction of sp³-hybridized carbons (Fsp3) is 0.364. The van der Waals surface area contributed by atoms with Gasteiger partial charge in [-0.1, -0.05) is 27.5 Å². The van der Waals surface area contributed by atoms with Crippen molar-refractivity contribution < 1.29 is 4.79 Å². The predicted octanol–water partition coefficient (Wildman–Crippen LogP) is 2.75. The van der Waals surface area contributed by atoms with Gasteiger partial charge >= 0.3 is 0 Å². The van der Waals surface area contributed by atoms with Crippen LogP contribution in [0.4, 0.5) is 5.69 Å². The van der Waals surface area contributed by atoms with Gasteiger partial charge in [-0.15, -0.1) is 0 Å². The van der Waals surface area contributed by atoms with Crippen molar-refractivity contribution in [2.45, 2.75) is 12.5 Å². The molecule has 1 aliphatic rings. The van der Waals surface area contributed by atoms with Crippen LogP contribution in [0, 0.1) is 0 Å². The average molecular weight is 304 g/mol. The summed E-state index contributed by atoms with van der Waals surface area (Å²) in [5, 5.41) is 3.79. The molecular formula is C11H12BrClN2O. The highest BCUT2D eigenvalue weighted by molar-refractivity contribution is 9.10. The van der Waals surface area contributed by atoms with Crippen molar-refractivity contribution in [2.24, 2.45) is 0 Å². The van der Waals surface area contributed by atoms with Crippen molar-refractivity contribution in [3.63, 3.8) is 0 Å². The lowest BCUT2D eigenvalue weighted by molar-refractivity contribution is -0.127. The lowest BCUT2D eigenvalue weighted by atomic mass is 10.2. The van der Waals surface area contributed by atoms with Gasteiger partial charge in [0.25, 0.3) is 0 Å². The minimum atomic E-state index is -0.149. The molecule has 1 amide bonds. The number of nitrogens with zero attached hydrogens (tertiary/aromatic N) is 1. The van der Waals surface area contributed by atoms with E-state index in [1.807, 2.05) is 25.2 Å². The van der Waals surface area contributed by atoms with Crippen LogP contribution in [0.15, 0.2) is 22.7 Å². The molecule has 3 nitrogen and oxygen atoms in total. The van der Waals surface area contributed by atoms with Crippen LogP contribution in [0.2, 0.25) is 5.02 Å². The molecule has 0 radical (unpaired) electrons. The molecule has 1 aliphatic heterocycles. The molecule has 1 heterocycles. The molecule has 1 aromatic carbocycles. The first-order valence-corrected chi connectivity index (χ1v) is 6.21. The molecule has 0 bridgehead atoms. The van der Waals surface area contributed by atoms with E-state index in [1.165, 1.54) is 0 Å². The van der Waals surface area contributed by atoms with Crippen molar-refractivity contribution in [1.82, 2.24) is 4.90 Å². The fourth-order valence-corrected chi connectivity index (χ4v) is 2.48. The number of rotatable bonds is 2. The number of amides is 1. The third-order valence-electron chi connectivity index (χ3n) is 2.69. The van der Waals surface area contributed by atoms with E-state index in [2.05, 4.69) is 21.2 Å². The number of hydrogen-bond donors (Lipinski definition) is 1. The van der Waals surface area contributed by atoms with E-state index in [9.17, 15) is 4.79 Å². The molecule has 1 saturated heterocycles. The Bertz CT molecular complexity index is 424. The fourth-order valence-electron chi connectivity index (χ4n) is 1.75. The van der Waals surface area contributed by atoms with Crippen molar-refractivity contribution in [2.75, 3.05) is 18.9 Å². The van der Waals surface area contributed by atoms with Crippen molar-refractivity contribution in [3.05, 3.63) is 27.7 Å². The number of likely N-dealkylation sites (N-methyl/N-ethyl adjacent to an activating group) is 1.